The van der Waals surface area contributed by atoms with Crippen molar-refractivity contribution in [3.63, 3.8) is 0 Å². The molecule has 0 aromatic rings. The minimum absolute atomic E-state index is 0.243. The van der Waals surface area contributed by atoms with E-state index >= 15 is 0 Å². The van der Waals surface area contributed by atoms with E-state index in [1.54, 1.807) is 0 Å². The summed E-state index contributed by atoms with van der Waals surface area (Å²) in [7, 11) is 0. The van der Waals surface area contributed by atoms with Gasteiger partial charge >= 0.3 is 0 Å². The maximum absolute atomic E-state index is 8.43. The maximum Gasteiger partial charge on any atom is 0.0656 e. The van der Waals surface area contributed by atoms with Crippen molar-refractivity contribution in [3.8, 4) is 6.07 Å². The Kier molecular flexibility index (Phi) is 2.18. The normalized spacial score (nSPS) is 41.2. The Morgan fingerprint density at radius 2 is 2.22 bits per heavy atom. The Morgan fingerprint density at radius 1 is 1.67 bits per heavy atom. The molecule has 0 bridgehead atoms. The summed E-state index contributed by atoms with van der Waals surface area (Å²) in [5.41, 5.74) is 0. The zero-order chi connectivity index (χ0) is 6.91. The second-order valence-electron chi connectivity index (χ2n) is 2.52. The first kappa shape index (κ1) is 7.56. The summed E-state index contributed by atoms with van der Waals surface area (Å²) in [6, 6.07) is 2.24. The lowest BCUT2D eigenvalue weighted by Gasteiger charge is -2.38. The quantitative estimate of drug-likeness (QED) is 0.658. The van der Waals surface area contributed by atoms with Crippen molar-refractivity contribution in [2.45, 2.75) is 17.2 Å². The van der Waals surface area contributed by atoms with Gasteiger partial charge in [0.15, 0.2) is 0 Å². The zero-order valence-electron chi connectivity index (χ0n) is 4.90. The van der Waals surface area contributed by atoms with Crippen molar-refractivity contribution in [1.82, 2.24) is 0 Å². The van der Waals surface area contributed by atoms with Crippen LogP contribution in [-0.2, 0) is 0 Å². The third-order valence-corrected chi connectivity index (χ3v) is 4.40. The molecule has 0 amide bonds. The van der Waals surface area contributed by atoms with Crippen LogP contribution in [0.25, 0.3) is 0 Å². The van der Waals surface area contributed by atoms with E-state index in [0.29, 0.717) is 5.92 Å². The fourth-order valence-electron chi connectivity index (χ4n) is 1.02. The summed E-state index contributed by atoms with van der Waals surface area (Å²) in [6.45, 7) is 0. The molecular weight excluding hydrogens is 246 g/mol. The standard InChI is InChI=1S/C6H7Br2N/c7-4-6(8)1-5(2-6)3-9/h5H,1-2,4H2. The van der Waals surface area contributed by atoms with Crippen LogP contribution in [-0.4, -0.2) is 9.65 Å². The molecule has 0 unspecified atom stereocenters. The van der Waals surface area contributed by atoms with E-state index in [4.69, 9.17) is 5.26 Å². The van der Waals surface area contributed by atoms with Crippen molar-refractivity contribution >= 4 is 31.9 Å². The molecule has 0 N–H and O–H groups in total. The molecule has 0 aliphatic heterocycles. The molecule has 1 nitrogen and oxygen atoms in total. The fourth-order valence-corrected chi connectivity index (χ4v) is 2.26. The molecule has 1 aliphatic rings. The molecule has 0 radical (unpaired) electrons. The Hall–Kier alpha value is 0.450. The highest BCUT2D eigenvalue weighted by atomic mass is 79.9. The molecule has 50 valence electrons. The number of hydrogen-bond acceptors (Lipinski definition) is 1. The van der Waals surface area contributed by atoms with Gasteiger partial charge in [-0.05, 0) is 12.8 Å². The van der Waals surface area contributed by atoms with Crippen LogP contribution in [0.4, 0.5) is 0 Å². The highest BCUT2D eigenvalue weighted by Crippen LogP contribution is 2.45. The van der Waals surface area contributed by atoms with Crippen molar-refractivity contribution in [1.29, 1.82) is 5.26 Å². The van der Waals surface area contributed by atoms with Gasteiger partial charge in [0.05, 0.1) is 6.07 Å². The predicted molar refractivity (Wildman–Crippen MR) is 43.8 cm³/mol. The summed E-state index contributed by atoms with van der Waals surface area (Å²) in [5.74, 6) is 0.293. The van der Waals surface area contributed by atoms with Crippen molar-refractivity contribution < 1.29 is 0 Å². The molecule has 1 saturated carbocycles. The molecule has 3 heteroatoms. The van der Waals surface area contributed by atoms with Crippen LogP contribution in [0, 0.1) is 17.2 Å². The van der Waals surface area contributed by atoms with E-state index in [9.17, 15) is 0 Å². The number of alkyl halides is 2. The van der Waals surface area contributed by atoms with E-state index in [0.717, 1.165) is 18.2 Å². The monoisotopic (exact) mass is 251 g/mol. The Bertz CT molecular complexity index is 144. The molecular formula is C6H7Br2N. The highest BCUT2D eigenvalue weighted by Gasteiger charge is 2.41. The van der Waals surface area contributed by atoms with E-state index in [2.05, 4.69) is 37.9 Å². The van der Waals surface area contributed by atoms with E-state index in [-0.39, 0.29) is 4.32 Å². The predicted octanol–water partition coefficient (Wildman–Crippen LogP) is 2.45. The third-order valence-electron chi connectivity index (χ3n) is 1.65. The van der Waals surface area contributed by atoms with Gasteiger partial charge in [0.2, 0.25) is 0 Å². The number of nitriles is 1. The van der Waals surface area contributed by atoms with Crippen LogP contribution in [0.5, 0.6) is 0 Å². The van der Waals surface area contributed by atoms with Crippen LogP contribution in [0.15, 0.2) is 0 Å². The number of hydrogen-bond donors (Lipinski definition) is 0. The third kappa shape index (κ3) is 1.47. The number of rotatable bonds is 1. The largest absolute Gasteiger partial charge is 0.198 e. The summed E-state index contributed by atoms with van der Waals surface area (Å²) in [5, 5.41) is 9.38. The maximum atomic E-state index is 8.43. The SMILES string of the molecule is N#CC1CC(Br)(CBr)C1. The van der Waals surface area contributed by atoms with Gasteiger partial charge in [0, 0.05) is 15.6 Å². The molecule has 9 heavy (non-hydrogen) atoms. The molecule has 0 aromatic heterocycles. The summed E-state index contributed by atoms with van der Waals surface area (Å²) in [4.78, 5) is 0. The molecule has 0 heterocycles. The highest BCUT2D eigenvalue weighted by molar-refractivity contribution is 9.12. The molecule has 1 rings (SSSR count). The van der Waals surface area contributed by atoms with Crippen molar-refractivity contribution in [2.24, 2.45) is 5.92 Å². The van der Waals surface area contributed by atoms with Gasteiger partial charge < -0.3 is 0 Å². The molecule has 1 aliphatic carbocycles. The second-order valence-corrected chi connectivity index (χ2v) is 4.76. The van der Waals surface area contributed by atoms with Gasteiger partial charge in [-0.15, -0.1) is 0 Å². The molecule has 1 fully saturated rings. The summed E-state index contributed by atoms with van der Waals surface area (Å²) in [6.07, 6.45) is 1.99. The number of halogens is 2. The molecule has 0 atom stereocenters. The van der Waals surface area contributed by atoms with Crippen LogP contribution < -0.4 is 0 Å². The van der Waals surface area contributed by atoms with E-state index in [1.165, 1.54) is 0 Å². The van der Waals surface area contributed by atoms with Gasteiger partial charge in [0.25, 0.3) is 0 Å². The van der Waals surface area contributed by atoms with Crippen LogP contribution in [0.2, 0.25) is 0 Å². The minimum atomic E-state index is 0.243. The van der Waals surface area contributed by atoms with E-state index < -0.39 is 0 Å². The summed E-state index contributed by atoms with van der Waals surface area (Å²) >= 11 is 6.93. The molecule has 0 spiro atoms. The number of nitrogens with zero attached hydrogens (tertiary/aromatic N) is 1. The van der Waals surface area contributed by atoms with Gasteiger partial charge in [-0.2, -0.15) is 5.26 Å². The second kappa shape index (κ2) is 2.59. The Balaban J connectivity index is 2.34. The lowest BCUT2D eigenvalue weighted by molar-refractivity contribution is 0.324. The van der Waals surface area contributed by atoms with Crippen LogP contribution >= 0.6 is 31.9 Å². The van der Waals surface area contributed by atoms with Crippen LogP contribution in [0.3, 0.4) is 0 Å². The summed E-state index contributed by atoms with van der Waals surface area (Å²) < 4.78 is 0.243. The smallest absolute Gasteiger partial charge is 0.0656 e. The first-order valence-electron chi connectivity index (χ1n) is 2.85. The van der Waals surface area contributed by atoms with Gasteiger partial charge in [-0.3, -0.25) is 0 Å². The van der Waals surface area contributed by atoms with Crippen LogP contribution in [0.1, 0.15) is 12.8 Å². The van der Waals surface area contributed by atoms with Gasteiger partial charge in [-0.1, -0.05) is 31.9 Å². The first-order valence-corrected chi connectivity index (χ1v) is 4.76. The van der Waals surface area contributed by atoms with Gasteiger partial charge in [0.1, 0.15) is 0 Å². The Morgan fingerprint density at radius 3 is 2.56 bits per heavy atom. The van der Waals surface area contributed by atoms with Crippen molar-refractivity contribution in [3.05, 3.63) is 0 Å². The average Bonchev–Trinajstić information content (AvgIpc) is 1.81. The fraction of sp³-hybridized carbons (Fsp3) is 0.833. The lowest BCUT2D eigenvalue weighted by Crippen LogP contribution is -2.38. The molecule has 0 saturated heterocycles. The zero-order valence-corrected chi connectivity index (χ0v) is 8.07. The molecule has 0 aromatic carbocycles. The first-order chi connectivity index (χ1) is 4.20. The average molecular weight is 253 g/mol. The lowest BCUT2D eigenvalue weighted by atomic mass is 9.77. The van der Waals surface area contributed by atoms with E-state index in [1.807, 2.05) is 0 Å². The topological polar surface area (TPSA) is 23.8 Å². The van der Waals surface area contributed by atoms with Crippen molar-refractivity contribution in [2.75, 3.05) is 5.33 Å². The Labute approximate surface area is 71.7 Å². The minimum Gasteiger partial charge on any atom is -0.198 e. The van der Waals surface area contributed by atoms with Gasteiger partial charge in [-0.25, -0.2) is 0 Å².